The van der Waals surface area contributed by atoms with Crippen LogP contribution in [0.4, 0.5) is 0 Å². The van der Waals surface area contributed by atoms with Gasteiger partial charge in [0.25, 0.3) is 0 Å². The summed E-state index contributed by atoms with van der Waals surface area (Å²) in [6.07, 6.45) is 0.0147. The lowest BCUT2D eigenvalue weighted by Gasteiger charge is -2.09. The first kappa shape index (κ1) is 13.9. The van der Waals surface area contributed by atoms with Gasteiger partial charge in [-0.2, -0.15) is 0 Å². The summed E-state index contributed by atoms with van der Waals surface area (Å²) in [7, 11) is 0. The standard InChI is InChI=1S/C15H13IO3/c16-14-7-6-13(8-12(14)9-15(17)18)19-10-11-4-2-1-3-5-11/h1-8H,9-10H2,(H,17,18). The minimum atomic E-state index is -0.835. The summed E-state index contributed by atoms with van der Waals surface area (Å²) in [4.78, 5) is 10.8. The van der Waals surface area contributed by atoms with Gasteiger partial charge in [-0.3, -0.25) is 4.79 Å². The second-order valence-corrected chi connectivity index (χ2v) is 5.26. The Bertz CT molecular complexity index is 567. The van der Waals surface area contributed by atoms with Gasteiger partial charge in [-0.05, 0) is 51.9 Å². The zero-order valence-electron chi connectivity index (χ0n) is 10.2. The Balaban J connectivity index is 2.06. The molecule has 0 amide bonds. The van der Waals surface area contributed by atoms with E-state index in [1.165, 1.54) is 0 Å². The van der Waals surface area contributed by atoms with Crippen LogP contribution in [-0.2, 0) is 17.8 Å². The van der Waals surface area contributed by atoms with Crippen molar-refractivity contribution in [2.75, 3.05) is 0 Å². The number of aliphatic carboxylic acids is 1. The highest BCUT2D eigenvalue weighted by molar-refractivity contribution is 14.1. The molecule has 2 aromatic rings. The normalized spacial score (nSPS) is 10.2. The first-order valence-corrected chi connectivity index (χ1v) is 6.90. The number of carbonyl (C=O) groups is 1. The zero-order chi connectivity index (χ0) is 13.7. The first-order valence-electron chi connectivity index (χ1n) is 5.82. The topological polar surface area (TPSA) is 46.5 Å². The van der Waals surface area contributed by atoms with Crippen molar-refractivity contribution in [2.45, 2.75) is 13.0 Å². The van der Waals surface area contributed by atoms with Gasteiger partial charge in [0.2, 0.25) is 0 Å². The van der Waals surface area contributed by atoms with Crippen molar-refractivity contribution >= 4 is 28.6 Å². The van der Waals surface area contributed by atoms with Gasteiger partial charge in [0, 0.05) is 3.57 Å². The van der Waals surface area contributed by atoms with Crippen LogP contribution in [0.2, 0.25) is 0 Å². The predicted octanol–water partition coefficient (Wildman–Crippen LogP) is 3.50. The average molecular weight is 368 g/mol. The molecule has 3 nitrogen and oxygen atoms in total. The molecule has 0 saturated carbocycles. The molecule has 0 aliphatic heterocycles. The summed E-state index contributed by atoms with van der Waals surface area (Å²) < 4.78 is 6.61. The highest BCUT2D eigenvalue weighted by Crippen LogP contribution is 2.21. The van der Waals surface area contributed by atoms with Gasteiger partial charge in [-0.25, -0.2) is 0 Å². The molecule has 0 fully saturated rings. The van der Waals surface area contributed by atoms with E-state index in [0.29, 0.717) is 12.4 Å². The molecule has 4 heteroatoms. The summed E-state index contributed by atoms with van der Waals surface area (Å²) in [5.74, 6) is -0.140. The van der Waals surface area contributed by atoms with Crippen molar-refractivity contribution in [3.63, 3.8) is 0 Å². The van der Waals surface area contributed by atoms with E-state index < -0.39 is 5.97 Å². The molecule has 0 aliphatic rings. The first-order chi connectivity index (χ1) is 9.15. The number of benzene rings is 2. The summed E-state index contributed by atoms with van der Waals surface area (Å²) in [6, 6.07) is 15.4. The van der Waals surface area contributed by atoms with Crippen LogP contribution in [0.1, 0.15) is 11.1 Å². The smallest absolute Gasteiger partial charge is 0.307 e. The van der Waals surface area contributed by atoms with Gasteiger partial charge >= 0.3 is 5.97 Å². The van der Waals surface area contributed by atoms with E-state index in [4.69, 9.17) is 9.84 Å². The lowest BCUT2D eigenvalue weighted by atomic mass is 10.1. The Labute approximate surface area is 125 Å². The van der Waals surface area contributed by atoms with Crippen molar-refractivity contribution < 1.29 is 14.6 Å². The summed E-state index contributed by atoms with van der Waals surface area (Å²) in [5, 5.41) is 8.85. The van der Waals surface area contributed by atoms with Crippen LogP contribution >= 0.6 is 22.6 Å². The van der Waals surface area contributed by atoms with Gasteiger partial charge < -0.3 is 9.84 Å². The molecule has 0 heterocycles. The second-order valence-electron chi connectivity index (χ2n) is 4.10. The Hall–Kier alpha value is -1.56. The third-order valence-electron chi connectivity index (χ3n) is 2.61. The van der Waals surface area contributed by atoms with E-state index in [-0.39, 0.29) is 6.42 Å². The maximum atomic E-state index is 10.8. The molecule has 0 radical (unpaired) electrons. The van der Waals surface area contributed by atoms with E-state index in [1.54, 1.807) is 6.07 Å². The SMILES string of the molecule is O=C(O)Cc1cc(OCc2ccccc2)ccc1I. The van der Waals surface area contributed by atoms with Crippen LogP contribution in [0.5, 0.6) is 5.75 Å². The molecule has 0 bridgehead atoms. The molecule has 0 unspecified atom stereocenters. The van der Waals surface area contributed by atoms with Crippen LogP contribution in [0.15, 0.2) is 48.5 Å². The highest BCUT2D eigenvalue weighted by Gasteiger charge is 2.07. The fraction of sp³-hybridized carbons (Fsp3) is 0.133. The molecule has 2 aromatic carbocycles. The van der Waals surface area contributed by atoms with E-state index >= 15 is 0 Å². The minimum Gasteiger partial charge on any atom is -0.489 e. The molecular weight excluding hydrogens is 355 g/mol. The second kappa shape index (κ2) is 6.56. The van der Waals surface area contributed by atoms with E-state index in [9.17, 15) is 4.79 Å². The molecular formula is C15H13IO3. The van der Waals surface area contributed by atoms with Crippen LogP contribution in [-0.4, -0.2) is 11.1 Å². The lowest BCUT2D eigenvalue weighted by Crippen LogP contribution is -2.03. The van der Waals surface area contributed by atoms with E-state index in [2.05, 4.69) is 22.6 Å². The largest absolute Gasteiger partial charge is 0.489 e. The van der Waals surface area contributed by atoms with Crippen molar-refractivity contribution in [1.29, 1.82) is 0 Å². The van der Waals surface area contributed by atoms with E-state index in [0.717, 1.165) is 14.7 Å². The maximum absolute atomic E-state index is 10.8. The van der Waals surface area contributed by atoms with Gasteiger partial charge in [0.05, 0.1) is 6.42 Å². The predicted molar refractivity (Wildman–Crippen MR) is 81.3 cm³/mol. The lowest BCUT2D eigenvalue weighted by molar-refractivity contribution is -0.136. The molecule has 0 atom stereocenters. The number of carboxylic acids is 1. The molecule has 0 saturated heterocycles. The number of carboxylic acid groups (broad SMARTS) is 1. The Kier molecular flexibility index (Phi) is 4.79. The Morgan fingerprint density at radius 1 is 1.16 bits per heavy atom. The minimum absolute atomic E-state index is 0.0147. The van der Waals surface area contributed by atoms with Crippen LogP contribution < -0.4 is 4.74 Å². The average Bonchev–Trinajstić information content (AvgIpc) is 2.40. The maximum Gasteiger partial charge on any atom is 0.307 e. The van der Waals surface area contributed by atoms with Crippen LogP contribution in [0, 0.1) is 3.57 Å². The van der Waals surface area contributed by atoms with E-state index in [1.807, 2.05) is 42.5 Å². The number of hydrogen-bond acceptors (Lipinski definition) is 2. The van der Waals surface area contributed by atoms with Gasteiger partial charge in [-0.1, -0.05) is 30.3 Å². The molecule has 0 spiro atoms. The van der Waals surface area contributed by atoms with Gasteiger partial charge in [0.1, 0.15) is 12.4 Å². The molecule has 0 aliphatic carbocycles. The third-order valence-corrected chi connectivity index (χ3v) is 3.66. The van der Waals surface area contributed by atoms with Gasteiger partial charge in [-0.15, -0.1) is 0 Å². The fourth-order valence-corrected chi connectivity index (χ4v) is 2.21. The number of rotatable bonds is 5. The quantitative estimate of drug-likeness (QED) is 0.822. The highest BCUT2D eigenvalue weighted by atomic mass is 127. The third kappa shape index (κ3) is 4.24. The summed E-state index contributed by atoms with van der Waals surface area (Å²) in [5.41, 5.74) is 1.86. The van der Waals surface area contributed by atoms with Crippen molar-refractivity contribution in [1.82, 2.24) is 0 Å². The molecule has 2 rings (SSSR count). The van der Waals surface area contributed by atoms with Crippen LogP contribution in [0.25, 0.3) is 0 Å². The fourth-order valence-electron chi connectivity index (χ4n) is 1.68. The molecule has 0 aromatic heterocycles. The van der Waals surface area contributed by atoms with Crippen LogP contribution in [0.3, 0.4) is 0 Å². The molecule has 19 heavy (non-hydrogen) atoms. The Morgan fingerprint density at radius 2 is 1.89 bits per heavy atom. The van der Waals surface area contributed by atoms with Gasteiger partial charge in [0.15, 0.2) is 0 Å². The zero-order valence-corrected chi connectivity index (χ0v) is 12.3. The molecule has 98 valence electrons. The number of ether oxygens (including phenoxy) is 1. The summed E-state index contributed by atoms with van der Waals surface area (Å²) in [6.45, 7) is 0.480. The van der Waals surface area contributed by atoms with Crippen molar-refractivity contribution in [2.24, 2.45) is 0 Å². The van der Waals surface area contributed by atoms with Crippen molar-refractivity contribution in [3.8, 4) is 5.75 Å². The molecule has 1 N–H and O–H groups in total. The monoisotopic (exact) mass is 368 g/mol. The number of halogens is 1. The Morgan fingerprint density at radius 3 is 2.58 bits per heavy atom. The number of hydrogen-bond donors (Lipinski definition) is 1. The van der Waals surface area contributed by atoms with Crippen molar-refractivity contribution in [3.05, 3.63) is 63.2 Å². The summed E-state index contributed by atoms with van der Waals surface area (Å²) >= 11 is 2.13.